The predicted octanol–water partition coefficient (Wildman–Crippen LogP) is 5.00. The Kier molecular flexibility index (Phi) is 7.06. The molecule has 0 fully saturated rings. The van der Waals surface area contributed by atoms with Crippen molar-refractivity contribution >= 4 is 16.4 Å². The highest BCUT2D eigenvalue weighted by Gasteiger charge is 2.36. The zero-order chi connectivity index (χ0) is 15.2. The second kappa shape index (κ2) is 7.28. The first-order valence-electron chi connectivity index (χ1n) is 6.94. The smallest absolute Gasteiger partial charge is 0.192 e. The van der Waals surface area contributed by atoms with Crippen molar-refractivity contribution in [1.82, 2.24) is 0 Å². The maximum atomic E-state index is 6.04. The maximum absolute atomic E-state index is 6.04. The van der Waals surface area contributed by atoms with Gasteiger partial charge in [-0.15, -0.1) is 5.54 Å². The van der Waals surface area contributed by atoms with Crippen molar-refractivity contribution in [2.75, 3.05) is 6.61 Å². The monoisotopic (exact) mass is 294 g/mol. The summed E-state index contributed by atoms with van der Waals surface area (Å²) in [6.45, 7) is 18.8. The molecule has 0 rings (SSSR count). The fraction of sp³-hybridized carbons (Fsp3) is 0.625. The molecule has 0 saturated heterocycles. The van der Waals surface area contributed by atoms with Gasteiger partial charge < -0.3 is 4.43 Å². The fourth-order valence-corrected chi connectivity index (χ4v) is 2.43. The van der Waals surface area contributed by atoms with Gasteiger partial charge >= 0.3 is 0 Å². The minimum Gasteiger partial charge on any atom is -0.413 e. The summed E-state index contributed by atoms with van der Waals surface area (Å²) in [5, 5.41) is 0.277. The standard InChI is InChI=1S/C16H30OSi2/c1-16(2,3)19(7,8)17-14-12-10-9-11-13-15-18(4,5)6/h9-12H,14H2,1-8H3/b11-9+,12-10+. The van der Waals surface area contributed by atoms with E-state index in [1.165, 1.54) is 0 Å². The van der Waals surface area contributed by atoms with Gasteiger partial charge in [0.2, 0.25) is 0 Å². The first-order chi connectivity index (χ1) is 8.46. The van der Waals surface area contributed by atoms with Crippen molar-refractivity contribution < 1.29 is 4.43 Å². The molecule has 0 bridgehead atoms. The molecular formula is C16H30OSi2. The number of allylic oxidation sites excluding steroid dienone is 3. The van der Waals surface area contributed by atoms with Crippen LogP contribution in [0.15, 0.2) is 24.3 Å². The van der Waals surface area contributed by atoms with E-state index < -0.39 is 16.4 Å². The average molecular weight is 295 g/mol. The second-order valence-electron chi connectivity index (χ2n) is 7.38. The third-order valence-electron chi connectivity index (χ3n) is 3.22. The van der Waals surface area contributed by atoms with Gasteiger partial charge in [0, 0.05) is 0 Å². The summed E-state index contributed by atoms with van der Waals surface area (Å²) in [6, 6.07) is 0. The highest BCUT2D eigenvalue weighted by molar-refractivity contribution is 6.83. The summed E-state index contributed by atoms with van der Waals surface area (Å²) < 4.78 is 6.04. The molecule has 0 aromatic heterocycles. The quantitative estimate of drug-likeness (QED) is 0.403. The Hall–Kier alpha value is -0.566. The molecule has 0 atom stereocenters. The molecule has 0 unspecified atom stereocenters. The van der Waals surface area contributed by atoms with E-state index >= 15 is 0 Å². The molecule has 19 heavy (non-hydrogen) atoms. The number of hydrogen-bond donors (Lipinski definition) is 0. The predicted molar refractivity (Wildman–Crippen MR) is 92.6 cm³/mol. The third-order valence-corrected chi connectivity index (χ3v) is 8.62. The van der Waals surface area contributed by atoms with Gasteiger partial charge in [-0.3, -0.25) is 0 Å². The lowest BCUT2D eigenvalue weighted by Gasteiger charge is -2.35. The normalized spacial score (nSPS) is 13.9. The molecule has 0 aliphatic heterocycles. The van der Waals surface area contributed by atoms with E-state index in [-0.39, 0.29) is 5.04 Å². The molecule has 108 valence electrons. The van der Waals surface area contributed by atoms with E-state index in [0.717, 1.165) is 0 Å². The van der Waals surface area contributed by atoms with E-state index in [2.05, 4.69) is 71.0 Å². The van der Waals surface area contributed by atoms with Crippen LogP contribution in [0, 0.1) is 11.5 Å². The van der Waals surface area contributed by atoms with Gasteiger partial charge in [0.1, 0.15) is 8.07 Å². The lowest BCUT2D eigenvalue weighted by atomic mass is 10.2. The van der Waals surface area contributed by atoms with Crippen LogP contribution >= 0.6 is 0 Å². The van der Waals surface area contributed by atoms with Gasteiger partial charge in [0.25, 0.3) is 0 Å². The van der Waals surface area contributed by atoms with Crippen LogP contribution in [0.4, 0.5) is 0 Å². The van der Waals surface area contributed by atoms with Crippen LogP contribution in [0.25, 0.3) is 0 Å². The minimum absolute atomic E-state index is 0.277. The van der Waals surface area contributed by atoms with Crippen molar-refractivity contribution in [1.29, 1.82) is 0 Å². The molecule has 0 N–H and O–H groups in total. The summed E-state index contributed by atoms with van der Waals surface area (Å²) in [6.07, 6.45) is 7.99. The Morgan fingerprint density at radius 3 is 2.05 bits per heavy atom. The van der Waals surface area contributed by atoms with Crippen LogP contribution in [-0.4, -0.2) is 23.0 Å². The average Bonchev–Trinajstić information content (AvgIpc) is 2.18. The molecule has 0 saturated carbocycles. The van der Waals surface area contributed by atoms with Crippen LogP contribution in [0.1, 0.15) is 20.8 Å². The highest BCUT2D eigenvalue weighted by atomic mass is 28.4. The van der Waals surface area contributed by atoms with Gasteiger partial charge in [-0.25, -0.2) is 0 Å². The summed E-state index contributed by atoms with van der Waals surface area (Å²) in [7, 11) is -2.84. The van der Waals surface area contributed by atoms with Gasteiger partial charge in [-0.2, -0.15) is 0 Å². The zero-order valence-electron chi connectivity index (χ0n) is 13.9. The zero-order valence-corrected chi connectivity index (χ0v) is 15.9. The lowest BCUT2D eigenvalue weighted by molar-refractivity contribution is 0.328. The number of hydrogen-bond acceptors (Lipinski definition) is 1. The van der Waals surface area contributed by atoms with Crippen molar-refractivity contribution in [3.05, 3.63) is 24.3 Å². The molecule has 1 nitrogen and oxygen atoms in total. The molecular weight excluding hydrogens is 264 g/mol. The van der Waals surface area contributed by atoms with Crippen molar-refractivity contribution in [2.24, 2.45) is 0 Å². The molecule has 0 radical (unpaired) electrons. The highest BCUT2D eigenvalue weighted by Crippen LogP contribution is 2.36. The summed E-state index contributed by atoms with van der Waals surface area (Å²) >= 11 is 0. The summed E-state index contributed by atoms with van der Waals surface area (Å²) in [5.74, 6) is 3.10. The Balaban J connectivity index is 4.13. The molecule has 0 aromatic carbocycles. The maximum Gasteiger partial charge on any atom is 0.192 e. The Bertz CT molecular complexity index is 382. The molecule has 0 aliphatic carbocycles. The first kappa shape index (κ1) is 18.4. The lowest BCUT2D eigenvalue weighted by Crippen LogP contribution is -2.40. The Morgan fingerprint density at radius 2 is 1.58 bits per heavy atom. The fourth-order valence-electron chi connectivity index (χ4n) is 0.969. The molecule has 0 heterocycles. The van der Waals surface area contributed by atoms with Crippen LogP contribution in [0.3, 0.4) is 0 Å². The van der Waals surface area contributed by atoms with E-state index in [0.29, 0.717) is 6.61 Å². The van der Waals surface area contributed by atoms with E-state index in [1.54, 1.807) is 0 Å². The molecule has 0 aliphatic rings. The largest absolute Gasteiger partial charge is 0.413 e. The topological polar surface area (TPSA) is 9.23 Å². The van der Waals surface area contributed by atoms with Crippen molar-refractivity contribution in [2.45, 2.75) is 58.5 Å². The summed E-state index contributed by atoms with van der Waals surface area (Å²) in [5.41, 5.74) is 3.30. The van der Waals surface area contributed by atoms with Crippen LogP contribution in [0.5, 0.6) is 0 Å². The van der Waals surface area contributed by atoms with Gasteiger partial charge in [0.05, 0.1) is 6.61 Å². The third kappa shape index (κ3) is 9.04. The van der Waals surface area contributed by atoms with Crippen molar-refractivity contribution in [3.8, 4) is 11.5 Å². The van der Waals surface area contributed by atoms with Crippen LogP contribution < -0.4 is 0 Å². The minimum atomic E-state index is -1.60. The second-order valence-corrected chi connectivity index (χ2v) is 16.9. The van der Waals surface area contributed by atoms with Gasteiger partial charge in [-0.05, 0) is 24.2 Å². The molecule has 0 amide bonds. The Labute approximate surface area is 122 Å². The SMILES string of the molecule is CC(C)(C)[Si](C)(C)OC/C=C/C=C/C#C[Si](C)(C)C. The first-order valence-corrected chi connectivity index (χ1v) is 13.3. The van der Waals surface area contributed by atoms with Crippen LogP contribution in [-0.2, 0) is 4.43 Å². The van der Waals surface area contributed by atoms with E-state index in [1.807, 2.05) is 18.2 Å². The number of rotatable bonds is 4. The van der Waals surface area contributed by atoms with Crippen molar-refractivity contribution in [3.63, 3.8) is 0 Å². The van der Waals surface area contributed by atoms with Crippen LogP contribution in [0.2, 0.25) is 37.8 Å². The molecule has 0 aromatic rings. The van der Waals surface area contributed by atoms with E-state index in [4.69, 9.17) is 4.43 Å². The van der Waals surface area contributed by atoms with E-state index in [9.17, 15) is 0 Å². The summed E-state index contributed by atoms with van der Waals surface area (Å²) in [4.78, 5) is 0. The van der Waals surface area contributed by atoms with Gasteiger partial charge in [0.15, 0.2) is 8.32 Å². The van der Waals surface area contributed by atoms with Gasteiger partial charge in [-0.1, -0.05) is 64.6 Å². The molecule has 3 heteroatoms. The Morgan fingerprint density at radius 1 is 1.00 bits per heavy atom. The molecule has 0 spiro atoms.